The van der Waals surface area contributed by atoms with Crippen molar-refractivity contribution in [1.29, 1.82) is 0 Å². The van der Waals surface area contributed by atoms with Crippen molar-refractivity contribution in [3.05, 3.63) is 47.5 Å². The van der Waals surface area contributed by atoms with Gasteiger partial charge in [-0.15, -0.1) is 11.3 Å². The maximum Gasteiger partial charge on any atom is 0.394 e. The number of para-hydroxylation sites is 1. The Kier molecular flexibility index (Phi) is 6.20. The normalized spacial score (nSPS) is 11.3. The quantitative estimate of drug-likeness (QED) is 0.351. The van der Waals surface area contributed by atoms with Crippen LogP contribution >= 0.6 is 11.3 Å². The van der Waals surface area contributed by atoms with E-state index in [1.807, 2.05) is 5.59 Å². The number of rotatable bonds is 8. The molecule has 2 aromatic heterocycles. The Morgan fingerprint density at radius 1 is 1.20 bits per heavy atom. The number of fused-ring (bicyclic) bond motifs is 1. The van der Waals surface area contributed by atoms with E-state index in [1.165, 1.54) is 26.1 Å². The van der Waals surface area contributed by atoms with Crippen LogP contribution in [-0.2, 0) is 24.4 Å². The first-order chi connectivity index (χ1) is 14.3. The van der Waals surface area contributed by atoms with E-state index in [0.29, 0.717) is 16.6 Å². The first-order valence-electron chi connectivity index (χ1n) is 8.69. The monoisotopic (exact) mass is 450 g/mol. The molecule has 0 aliphatic rings. The van der Waals surface area contributed by atoms with E-state index in [1.54, 1.807) is 29.6 Å². The molecule has 3 rings (SSSR count). The van der Waals surface area contributed by atoms with Crippen molar-refractivity contribution < 1.29 is 27.6 Å². The van der Waals surface area contributed by atoms with Crippen molar-refractivity contribution >= 4 is 55.6 Å². The molecule has 0 saturated heterocycles. The summed E-state index contributed by atoms with van der Waals surface area (Å²) in [5.74, 6) is -2.56. The maximum atomic E-state index is 12.8. The van der Waals surface area contributed by atoms with E-state index in [2.05, 4.69) is 15.2 Å². The Bertz CT molecular complexity index is 1200. The molecule has 158 valence electrons. The summed E-state index contributed by atoms with van der Waals surface area (Å²) in [5.41, 5.74) is 4.93. The third-order valence-electron chi connectivity index (χ3n) is 4.19. The molecule has 0 atom stereocenters. The van der Waals surface area contributed by atoms with Crippen LogP contribution in [0.1, 0.15) is 23.8 Å². The minimum Gasteiger partial charge on any atom is -0.349 e. The van der Waals surface area contributed by atoms with E-state index in [-0.39, 0.29) is 16.3 Å². The molecule has 0 saturated carbocycles. The zero-order chi connectivity index (χ0) is 21.9. The van der Waals surface area contributed by atoms with Crippen LogP contribution in [0.4, 0.5) is 5.69 Å². The number of hydrogen-bond acceptors (Lipinski definition) is 8. The number of aromatic nitrogens is 1. The van der Waals surface area contributed by atoms with Crippen LogP contribution in [0.15, 0.2) is 46.0 Å². The Balaban J connectivity index is 1.81. The highest BCUT2D eigenvalue weighted by Gasteiger charge is 2.24. The summed E-state index contributed by atoms with van der Waals surface area (Å²) in [6, 6.07) is 9.68. The highest BCUT2D eigenvalue weighted by molar-refractivity contribution is 7.94. The number of Topliss-reactive ketones (excluding diaryl/α,β-unsaturated/α-hetero) is 1. The summed E-state index contributed by atoms with van der Waals surface area (Å²) < 4.78 is 27.0. The summed E-state index contributed by atoms with van der Waals surface area (Å²) in [4.78, 5) is 42.0. The van der Waals surface area contributed by atoms with Gasteiger partial charge in [-0.3, -0.25) is 19.3 Å². The molecule has 1 amide bonds. The van der Waals surface area contributed by atoms with Gasteiger partial charge in [0.25, 0.3) is 15.9 Å². The number of carbonyl (C=O) groups is 3. The van der Waals surface area contributed by atoms with Crippen molar-refractivity contribution in [2.45, 2.75) is 17.6 Å². The van der Waals surface area contributed by atoms with Gasteiger partial charge in [0.05, 0.1) is 11.2 Å². The van der Waals surface area contributed by atoms with E-state index in [9.17, 15) is 22.8 Å². The molecular weight excluding hydrogens is 432 g/mol. The van der Waals surface area contributed by atoms with Gasteiger partial charge in [-0.1, -0.05) is 30.7 Å². The number of sulfonamides is 1. The van der Waals surface area contributed by atoms with Crippen LogP contribution in [0.25, 0.3) is 10.9 Å². The van der Waals surface area contributed by atoms with Crippen molar-refractivity contribution in [1.82, 2.24) is 16.0 Å². The fourth-order valence-corrected chi connectivity index (χ4v) is 4.95. The van der Waals surface area contributed by atoms with E-state index in [0.717, 1.165) is 15.6 Å². The van der Waals surface area contributed by atoms with E-state index < -0.39 is 27.7 Å². The van der Waals surface area contributed by atoms with Crippen LogP contribution in [0, 0.1) is 0 Å². The zero-order valence-electron chi connectivity index (χ0n) is 16.0. The second-order valence-electron chi connectivity index (χ2n) is 6.05. The molecule has 0 aliphatic carbocycles. The first-order valence-corrected chi connectivity index (χ1v) is 11.0. The zero-order valence-corrected chi connectivity index (χ0v) is 17.6. The SMILES string of the molecule is CCC(=O)C(=O)ONNC(=O)c1cc2cccc(N(C)S(=O)(=O)c3cccs3)c2[nH]1. The van der Waals surface area contributed by atoms with Crippen molar-refractivity contribution in [3.8, 4) is 0 Å². The van der Waals surface area contributed by atoms with Gasteiger partial charge >= 0.3 is 5.97 Å². The van der Waals surface area contributed by atoms with E-state index >= 15 is 0 Å². The standard InChI is InChI=1S/C18H18N4O6S2/c1-3-14(23)18(25)28-21-20-17(24)12-10-11-6-4-7-13(16(11)19-12)22(2)30(26,27)15-8-5-9-29-15/h4-10,19,21H,3H2,1-2H3,(H,20,24). The second-order valence-corrected chi connectivity index (χ2v) is 9.20. The van der Waals surface area contributed by atoms with Gasteiger partial charge in [0.15, 0.2) is 0 Å². The molecule has 1 aromatic carbocycles. The fourth-order valence-electron chi connectivity index (χ4n) is 2.59. The summed E-state index contributed by atoms with van der Waals surface area (Å²) >= 11 is 1.11. The number of hydrazine groups is 1. The van der Waals surface area contributed by atoms with Crippen LogP contribution in [0.5, 0.6) is 0 Å². The molecule has 0 fully saturated rings. The van der Waals surface area contributed by atoms with Crippen molar-refractivity contribution in [2.24, 2.45) is 0 Å². The highest BCUT2D eigenvalue weighted by atomic mass is 32.2. The number of nitrogens with one attached hydrogen (secondary N) is 3. The van der Waals surface area contributed by atoms with Crippen LogP contribution in [0.2, 0.25) is 0 Å². The number of anilines is 1. The predicted molar refractivity (Wildman–Crippen MR) is 110 cm³/mol. The van der Waals surface area contributed by atoms with Gasteiger partial charge in [0.2, 0.25) is 5.78 Å². The molecule has 0 unspecified atom stereocenters. The van der Waals surface area contributed by atoms with Gasteiger partial charge in [0, 0.05) is 18.9 Å². The molecule has 0 bridgehead atoms. The number of aromatic amines is 1. The third-order valence-corrected chi connectivity index (χ3v) is 7.33. The summed E-state index contributed by atoms with van der Waals surface area (Å²) in [7, 11) is -2.33. The third kappa shape index (κ3) is 4.20. The Morgan fingerprint density at radius 3 is 2.63 bits per heavy atom. The van der Waals surface area contributed by atoms with Gasteiger partial charge in [-0.25, -0.2) is 13.2 Å². The lowest BCUT2D eigenvalue weighted by atomic mass is 10.2. The number of H-pyrrole nitrogens is 1. The van der Waals surface area contributed by atoms with Crippen molar-refractivity contribution in [3.63, 3.8) is 0 Å². The fraction of sp³-hybridized carbons (Fsp3) is 0.167. The highest BCUT2D eigenvalue weighted by Crippen LogP contribution is 2.31. The number of hydrogen-bond donors (Lipinski definition) is 3. The van der Waals surface area contributed by atoms with Gasteiger partial charge in [-0.05, 0) is 23.6 Å². The molecule has 0 aliphatic heterocycles. The van der Waals surface area contributed by atoms with E-state index in [4.69, 9.17) is 0 Å². The summed E-state index contributed by atoms with van der Waals surface area (Å²) in [6.07, 6.45) is -0.0266. The molecule has 30 heavy (non-hydrogen) atoms. The second kappa shape index (κ2) is 8.65. The summed E-state index contributed by atoms with van der Waals surface area (Å²) in [5, 5.41) is 2.27. The molecule has 3 aromatic rings. The smallest absolute Gasteiger partial charge is 0.349 e. The van der Waals surface area contributed by atoms with Crippen LogP contribution in [0.3, 0.4) is 0 Å². The number of benzene rings is 1. The molecule has 0 radical (unpaired) electrons. The van der Waals surface area contributed by atoms with Gasteiger partial charge in [-0.2, -0.15) is 0 Å². The van der Waals surface area contributed by atoms with Gasteiger partial charge < -0.3 is 9.82 Å². The molecule has 12 heteroatoms. The Morgan fingerprint density at radius 2 is 1.97 bits per heavy atom. The minimum absolute atomic E-state index is 0.0266. The molecule has 2 heterocycles. The van der Waals surface area contributed by atoms with Crippen LogP contribution in [-0.4, -0.2) is 38.1 Å². The van der Waals surface area contributed by atoms with Gasteiger partial charge in [0.1, 0.15) is 9.90 Å². The topological polar surface area (TPSA) is 138 Å². The molecular formula is C18H18N4O6S2. The number of carbonyl (C=O) groups excluding carboxylic acids is 3. The average Bonchev–Trinajstić information content (AvgIpc) is 3.42. The van der Waals surface area contributed by atoms with Crippen LogP contribution < -0.4 is 15.3 Å². The minimum atomic E-state index is -3.76. The lowest BCUT2D eigenvalue weighted by Crippen LogP contribution is -2.40. The molecule has 3 N–H and O–H groups in total. The number of amides is 1. The lowest BCUT2D eigenvalue weighted by molar-refractivity contribution is -0.160. The molecule has 0 spiro atoms. The predicted octanol–water partition coefficient (Wildman–Crippen LogP) is 1.73. The number of thiophene rings is 1. The average molecular weight is 450 g/mol. The lowest BCUT2D eigenvalue weighted by Gasteiger charge is -2.19. The maximum absolute atomic E-state index is 12.8. The number of ketones is 1. The Hall–Kier alpha value is -3.22. The van der Waals surface area contributed by atoms with Crippen molar-refractivity contribution in [2.75, 3.05) is 11.4 Å². The first kappa shape index (κ1) is 21.5. The number of nitrogens with zero attached hydrogens (tertiary/aromatic N) is 1. The largest absolute Gasteiger partial charge is 0.394 e. The molecule has 10 nitrogen and oxygen atoms in total. The summed E-state index contributed by atoms with van der Waals surface area (Å²) in [6.45, 7) is 1.50. The Labute approximate surface area is 175 Å².